The van der Waals surface area contributed by atoms with Crippen molar-refractivity contribution in [3.8, 4) is 11.4 Å². The Balaban J connectivity index is 1.89. The summed E-state index contributed by atoms with van der Waals surface area (Å²) in [5.41, 5.74) is 0.575. The summed E-state index contributed by atoms with van der Waals surface area (Å²) in [7, 11) is 0. The van der Waals surface area contributed by atoms with Crippen molar-refractivity contribution in [3.63, 3.8) is 0 Å². The minimum atomic E-state index is -0.384. The number of rotatable bonds is 2. The molecule has 1 aliphatic heterocycles. The first-order chi connectivity index (χ1) is 9.65. The second-order valence-electron chi connectivity index (χ2n) is 5.13. The lowest BCUT2D eigenvalue weighted by molar-refractivity contribution is 0.239. The van der Waals surface area contributed by atoms with Crippen LogP contribution in [0, 0.1) is 11.7 Å². The lowest BCUT2D eigenvalue weighted by atomic mass is 9.93. The van der Waals surface area contributed by atoms with Crippen LogP contribution in [0.2, 0.25) is 5.02 Å². The molecular formula is C14H15ClFN3O. The van der Waals surface area contributed by atoms with E-state index in [1.165, 1.54) is 12.1 Å². The van der Waals surface area contributed by atoms with E-state index in [9.17, 15) is 4.39 Å². The molecule has 106 valence electrons. The Morgan fingerprint density at radius 1 is 1.45 bits per heavy atom. The summed E-state index contributed by atoms with van der Waals surface area (Å²) in [6.45, 7) is 3.11. The highest BCUT2D eigenvalue weighted by molar-refractivity contribution is 6.33. The number of aromatic nitrogens is 2. The highest BCUT2D eigenvalue weighted by atomic mass is 35.5. The zero-order valence-corrected chi connectivity index (χ0v) is 11.8. The molecule has 1 N–H and O–H groups in total. The molecule has 0 saturated carbocycles. The number of piperidine rings is 1. The molecule has 1 saturated heterocycles. The summed E-state index contributed by atoms with van der Waals surface area (Å²) in [5, 5.41) is 7.62. The average molecular weight is 296 g/mol. The molecule has 1 fully saturated rings. The Morgan fingerprint density at radius 3 is 3.05 bits per heavy atom. The minimum Gasteiger partial charge on any atom is -0.337 e. The monoisotopic (exact) mass is 295 g/mol. The summed E-state index contributed by atoms with van der Waals surface area (Å²) in [5.74, 6) is 1.02. The molecule has 2 aromatic rings. The summed E-state index contributed by atoms with van der Waals surface area (Å²) in [6, 6.07) is 4.21. The van der Waals surface area contributed by atoms with Gasteiger partial charge in [-0.2, -0.15) is 4.98 Å². The molecule has 2 atom stereocenters. The van der Waals surface area contributed by atoms with Gasteiger partial charge in [0, 0.05) is 5.56 Å². The smallest absolute Gasteiger partial charge is 0.244 e. The van der Waals surface area contributed by atoms with Gasteiger partial charge in [0.15, 0.2) is 0 Å². The Morgan fingerprint density at radius 2 is 2.30 bits per heavy atom. The van der Waals surface area contributed by atoms with Crippen LogP contribution in [-0.2, 0) is 0 Å². The van der Waals surface area contributed by atoms with Crippen molar-refractivity contribution in [1.82, 2.24) is 15.5 Å². The number of hydrogen-bond acceptors (Lipinski definition) is 4. The van der Waals surface area contributed by atoms with E-state index < -0.39 is 0 Å². The number of nitrogens with zero attached hydrogens (tertiary/aromatic N) is 2. The average Bonchev–Trinajstić information content (AvgIpc) is 2.88. The zero-order chi connectivity index (χ0) is 14.1. The van der Waals surface area contributed by atoms with Gasteiger partial charge in [-0.15, -0.1) is 0 Å². The molecule has 0 bridgehead atoms. The van der Waals surface area contributed by atoms with Gasteiger partial charge in [0.2, 0.25) is 11.7 Å². The van der Waals surface area contributed by atoms with Gasteiger partial charge in [0.05, 0.1) is 11.1 Å². The second kappa shape index (κ2) is 5.50. The van der Waals surface area contributed by atoms with E-state index in [0.29, 0.717) is 23.2 Å². The van der Waals surface area contributed by atoms with E-state index >= 15 is 0 Å². The molecule has 0 amide bonds. The molecule has 20 heavy (non-hydrogen) atoms. The van der Waals surface area contributed by atoms with Crippen LogP contribution in [0.5, 0.6) is 0 Å². The lowest BCUT2D eigenvalue weighted by Gasteiger charge is -2.26. The molecule has 0 aliphatic carbocycles. The topological polar surface area (TPSA) is 51.0 Å². The summed E-state index contributed by atoms with van der Waals surface area (Å²) in [6.07, 6.45) is 2.29. The largest absolute Gasteiger partial charge is 0.337 e. The van der Waals surface area contributed by atoms with Gasteiger partial charge in [0.1, 0.15) is 5.82 Å². The normalized spacial score (nSPS) is 22.9. The molecule has 6 heteroatoms. The number of halogens is 2. The summed E-state index contributed by atoms with van der Waals surface area (Å²) >= 11 is 6.01. The first-order valence-corrected chi connectivity index (χ1v) is 7.05. The van der Waals surface area contributed by atoms with Crippen LogP contribution < -0.4 is 5.32 Å². The molecular weight excluding hydrogens is 281 g/mol. The Bertz CT molecular complexity index is 616. The SMILES string of the molecule is CC1CCCNC1c1nc(-c2ccc(F)cc2Cl)no1. The van der Waals surface area contributed by atoms with Crippen molar-refractivity contribution in [2.45, 2.75) is 25.8 Å². The van der Waals surface area contributed by atoms with E-state index in [-0.39, 0.29) is 16.9 Å². The zero-order valence-electron chi connectivity index (χ0n) is 11.1. The molecule has 0 radical (unpaired) electrons. The van der Waals surface area contributed by atoms with Crippen molar-refractivity contribution in [3.05, 3.63) is 34.9 Å². The van der Waals surface area contributed by atoms with Crippen LogP contribution in [0.15, 0.2) is 22.7 Å². The Kier molecular flexibility index (Phi) is 3.72. The number of nitrogens with one attached hydrogen (secondary N) is 1. The third-order valence-electron chi connectivity index (χ3n) is 3.65. The van der Waals surface area contributed by atoms with E-state index in [4.69, 9.17) is 16.1 Å². The highest BCUT2D eigenvalue weighted by Crippen LogP contribution is 2.31. The molecule has 1 aliphatic rings. The molecule has 4 nitrogen and oxygen atoms in total. The predicted molar refractivity (Wildman–Crippen MR) is 73.8 cm³/mol. The van der Waals surface area contributed by atoms with Crippen LogP contribution >= 0.6 is 11.6 Å². The standard InChI is InChI=1S/C14H15ClFN3O/c1-8-3-2-6-17-12(8)14-18-13(19-20-14)10-5-4-9(16)7-11(10)15/h4-5,7-8,12,17H,2-3,6H2,1H3. The third kappa shape index (κ3) is 2.55. The lowest BCUT2D eigenvalue weighted by Crippen LogP contribution is -2.33. The fraction of sp³-hybridized carbons (Fsp3) is 0.429. The van der Waals surface area contributed by atoms with E-state index in [0.717, 1.165) is 19.4 Å². The molecule has 1 aromatic carbocycles. The number of benzene rings is 1. The maximum Gasteiger partial charge on any atom is 0.244 e. The van der Waals surface area contributed by atoms with E-state index in [1.54, 1.807) is 6.07 Å². The number of hydrogen-bond donors (Lipinski definition) is 1. The molecule has 0 spiro atoms. The minimum absolute atomic E-state index is 0.0734. The van der Waals surface area contributed by atoms with Gasteiger partial charge in [0.25, 0.3) is 0 Å². The molecule has 2 unspecified atom stereocenters. The van der Waals surface area contributed by atoms with Crippen molar-refractivity contribution in [1.29, 1.82) is 0 Å². The van der Waals surface area contributed by atoms with Crippen molar-refractivity contribution in [2.24, 2.45) is 5.92 Å². The van der Waals surface area contributed by atoms with Gasteiger partial charge in [-0.05, 0) is 43.5 Å². The van der Waals surface area contributed by atoms with Gasteiger partial charge in [-0.1, -0.05) is 23.7 Å². The van der Waals surface area contributed by atoms with Crippen LogP contribution in [0.1, 0.15) is 31.7 Å². The second-order valence-corrected chi connectivity index (χ2v) is 5.54. The van der Waals surface area contributed by atoms with Crippen LogP contribution in [-0.4, -0.2) is 16.7 Å². The Hall–Kier alpha value is -1.46. The molecule has 3 rings (SSSR count). The molecule has 2 heterocycles. The first-order valence-electron chi connectivity index (χ1n) is 6.67. The fourth-order valence-electron chi connectivity index (χ4n) is 2.52. The van der Waals surface area contributed by atoms with Gasteiger partial charge in [-0.25, -0.2) is 4.39 Å². The predicted octanol–water partition coefficient (Wildman–Crippen LogP) is 3.59. The first kappa shape index (κ1) is 13.5. The van der Waals surface area contributed by atoms with Gasteiger partial charge < -0.3 is 9.84 Å². The Labute approximate surface area is 121 Å². The van der Waals surface area contributed by atoms with Crippen LogP contribution in [0.4, 0.5) is 4.39 Å². The van der Waals surface area contributed by atoms with E-state index in [2.05, 4.69) is 22.4 Å². The maximum atomic E-state index is 13.1. The van der Waals surface area contributed by atoms with Gasteiger partial charge in [-0.3, -0.25) is 0 Å². The summed E-state index contributed by atoms with van der Waals surface area (Å²) < 4.78 is 18.4. The van der Waals surface area contributed by atoms with Crippen molar-refractivity contribution < 1.29 is 8.91 Å². The molecule has 1 aromatic heterocycles. The maximum absolute atomic E-state index is 13.1. The third-order valence-corrected chi connectivity index (χ3v) is 3.96. The van der Waals surface area contributed by atoms with Gasteiger partial charge >= 0.3 is 0 Å². The fourth-order valence-corrected chi connectivity index (χ4v) is 2.77. The van der Waals surface area contributed by atoms with Crippen LogP contribution in [0.3, 0.4) is 0 Å². The van der Waals surface area contributed by atoms with E-state index in [1.807, 2.05) is 0 Å². The van der Waals surface area contributed by atoms with Crippen molar-refractivity contribution in [2.75, 3.05) is 6.54 Å². The van der Waals surface area contributed by atoms with Crippen molar-refractivity contribution >= 4 is 11.6 Å². The quantitative estimate of drug-likeness (QED) is 0.920. The van der Waals surface area contributed by atoms with Crippen LogP contribution in [0.25, 0.3) is 11.4 Å². The highest BCUT2D eigenvalue weighted by Gasteiger charge is 2.27. The summed E-state index contributed by atoms with van der Waals surface area (Å²) in [4.78, 5) is 4.40.